The summed E-state index contributed by atoms with van der Waals surface area (Å²) in [6, 6.07) is 0.773. The van der Waals surface area contributed by atoms with Gasteiger partial charge < -0.3 is 52.3 Å². The molecule has 4 amide bonds. The Morgan fingerprint density at radius 3 is 2.11 bits per heavy atom. The highest BCUT2D eigenvalue weighted by Gasteiger charge is 2.32. The van der Waals surface area contributed by atoms with Crippen LogP contribution in [0.2, 0.25) is 0 Å². The SMILES string of the molecule is CSCC[C@H](NC(=O)[C@H](Cc1c[nH]c2ccccc12)NC(=O)[C@H](Cc1cnc[nH]1)NC(=O)[C@@H](N)CO)C(=O)N[C@@H](CO)C(=O)O. The number of H-pyrrole nitrogens is 2. The van der Waals surface area contributed by atoms with Gasteiger partial charge in [0.1, 0.15) is 30.2 Å². The minimum Gasteiger partial charge on any atom is -0.480 e. The van der Waals surface area contributed by atoms with Gasteiger partial charge in [-0.25, -0.2) is 9.78 Å². The molecule has 0 fully saturated rings. The van der Waals surface area contributed by atoms with E-state index in [0.29, 0.717) is 17.0 Å². The number of carbonyl (C=O) groups excluding carboxylic acids is 4. The normalized spacial score (nSPS) is 14.5. The molecule has 5 atom stereocenters. The van der Waals surface area contributed by atoms with Gasteiger partial charge in [0, 0.05) is 41.8 Å². The first-order chi connectivity index (χ1) is 21.6. The molecule has 2 heterocycles. The van der Waals surface area contributed by atoms with Crippen molar-refractivity contribution in [1.29, 1.82) is 0 Å². The molecule has 0 aliphatic carbocycles. The number of rotatable bonds is 18. The van der Waals surface area contributed by atoms with Gasteiger partial charge in [0.25, 0.3) is 0 Å². The number of imidazole rings is 1. The molecule has 0 spiro atoms. The molecule has 2 aromatic heterocycles. The maximum Gasteiger partial charge on any atom is 0.328 e. The summed E-state index contributed by atoms with van der Waals surface area (Å²) in [4.78, 5) is 74.2. The molecule has 3 aromatic rings. The zero-order valence-electron chi connectivity index (χ0n) is 24.5. The Hall–Kier alpha value is -4.45. The highest BCUT2D eigenvalue weighted by molar-refractivity contribution is 7.98. The number of carboxylic acid groups (broad SMARTS) is 1. The molecule has 17 heteroatoms. The number of para-hydroxylation sites is 1. The number of hydrogen-bond acceptors (Lipinski definition) is 10. The summed E-state index contributed by atoms with van der Waals surface area (Å²) in [7, 11) is 0. The number of nitrogens with two attached hydrogens (primary N) is 1. The summed E-state index contributed by atoms with van der Waals surface area (Å²) in [6.07, 6.45) is 6.40. The lowest BCUT2D eigenvalue weighted by atomic mass is 10.0. The van der Waals surface area contributed by atoms with Crippen LogP contribution in [0.1, 0.15) is 17.7 Å². The number of carboxylic acids is 1. The van der Waals surface area contributed by atoms with Crippen LogP contribution in [0, 0.1) is 0 Å². The molecular weight excluding hydrogens is 608 g/mol. The third-order valence-corrected chi connectivity index (χ3v) is 7.56. The Labute approximate surface area is 262 Å². The van der Waals surface area contributed by atoms with E-state index in [2.05, 4.69) is 36.2 Å². The van der Waals surface area contributed by atoms with Gasteiger partial charge in [0.05, 0.1) is 19.5 Å². The number of carbonyl (C=O) groups is 5. The van der Waals surface area contributed by atoms with E-state index >= 15 is 0 Å². The number of benzene rings is 1. The lowest BCUT2D eigenvalue weighted by Crippen LogP contribution is -2.59. The molecule has 0 aliphatic heterocycles. The number of thioether (sulfide) groups is 1. The molecule has 0 radical (unpaired) electrons. The summed E-state index contributed by atoms with van der Waals surface area (Å²) >= 11 is 1.40. The fourth-order valence-electron chi connectivity index (χ4n) is 4.42. The topological polar surface area (TPSA) is 265 Å². The maximum atomic E-state index is 13.8. The molecule has 0 unspecified atom stereocenters. The van der Waals surface area contributed by atoms with E-state index in [9.17, 15) is 39.3 Å². The summed E-state index contributed by atoms with van der Waals surface area (Å²) in [5, 5.41) is 38.7. The van der Waals surface area contributed by atoms with Crippen molar-refractivity contribution < 1.29 is 39.3 Å². The molecule has 11 N–H and O–H groups in total. The number of aliphatic hydroxyl groups is 2. The van der Waals surface area contributed by atoms with E-state index in [1.807, 2.05) is 24.3 Å². The molecule has 0 saturated carbocycles. The van der Waals surface area contributed by atoms with E-state index in [-0.39, 0.29) is 19.3 Å². The third kappa shape index (κ3) is 10.0. The van der Waals surface area contributed by atoms with E-state index < -0.39 is 73.0 Å². The van der Waals surface area contributed by atoms with Crippen LogP contribution in [0.3, 0.4) is 0 Å². The van der Waals surface area contributed by atoms with Crippen molar-refractivity contribution >= 4 is 52.3 Å². The van der Waals surface area contributed by atoms with Gasteiger partial charge in [-0.15, -0.1) is 0 Å². The Bertz CT molecular complexity index is 1450. The van der Waals surface area contributed by atoms with Crippen molar-refractivity contribution in [3.63, 3.8) is 0 Å². The lowest BCUT2D eigenvalue weighted by molar-refractivity contribution is -0.143. The number of amides is 4. The van der Waals surface area contributed by atoms with Crippen molar-refractivity contribution in [1.82, 2.24) is 36.2 Å². The van der Waals surface area contributed by atoms with Crippen molar-refractivity contribution in [2.24, 2.45) is 5.73 Å². The average Bonchev–Trinajstić information content (AvgIpc) is 3.70. The van der Waals surface area contributed by atoms with E-state index in [0.717, 1.165) is 10.9 Å². The van der Waals surface area contributed by atoms with Gasteiger partial charge in [-0.05, 0) is 30.1 Å². The van der Waals surface area contributed by atoms with Gasteiger partial charge in [-0.2, -0.15) is 11.8 Å². The lowest BCUT2D eigenvalue weighted by Gasteiger charge is -2.26. The highest BCUT2D eigenvalue weighted by Crippen LogP contribution is 2.19. The molecule has 244 valence electrons. The van der Waals surface area contributed by atoms with Crippen molar-refractivity contribution in [3.8, 4) is 0 Å². The molecular formula is C28H38N8O8S. The molecule has 1 aromatic carbocycles. The Balaban J connectivity index is 1.90. The smallest absolute Gasteiger partial charge is 0.328 e. The van der Waals surface area contributed by atoms with Crippen molar-refractivity contribution in [2.75, 3.05) is 25.2 Å². The van der Waals surface area contributed by atoms with Crippen LogP contribution < -0.4 is 27.0 Å². The van der Waals surface area contributed by atoms with Crippen LogP contribution in [-0.4, -0.2) is 115 Å². The van der Waals surface area contributed by atoms with Gasteiger partial charge >= 0.3 is 5.97 Å². The quantitative estimate of drug-likeness (QED) is 0.0706. The predicted octanol–water partition coefficient (Wildman–Crippen LogP) is -2.23. The van der Waals surface area contributed by atoms with Gasteiger partial charge in [-0.1, -0.05) is 18.2 Å². The number of fused-ring (bicyclic) bond motifs is 1. The number of nitrogens with one attached hydrogen (secondary N) is 6. The summed E-state index contributed by atoms with van der Waals surface area (Å²) in [6.45, 7) is -1.51. The fourth-order valence-corrected chi connectivity index (χ4v) is 4.90. The zero-order valence-corrected chi connectivity index (χ0v) is 25.3. The van der Waals surface area contributed by atoms with E-state index in [1.165, 1.54) is 24.3 Å². The first-order valence-corrected chi connectivity index (χ1v) is 15.4. The standard InChI is InChI=1S/C28H38N8O8S/c1-45-7-6-20(25(40)36-23(13-38)28(43)44)33-26(41)21(8-15-10-31-19-5-3-2-4-17(15)19)35-27(42)22(9-16-11-30-14-32-16)34-24(39)18(29)12-37/h2-5,10-11,14,18,20-23,31,37-38H,6-9,12-13,29H2,1H3,(H,30,32)(H,33,41)(H,34,39)(H,35,42)(H,36,40)(H,43,44)/t18-,20-,21-,22-,23-/m0/s1. The van der Waals surface area contributed by atoms with E-state index in [4.69, 9.17) is 5.73 Å². The number of aliphatic carboxylic acids is 1. The number of hydrogen-bond donors (Lipinski definition) is 10. The number of aromatic nitrogens is 3. The maximum absolute atomic E-state index is 13.8. The average molecular weight is 647 g/mol. The Morgan fingerprint density at radius 2 is 1.49 bits per heavy atom. The van der Waals surface area contributed by atoms with Crippen LogP contribution >= 0.6 is 11.8 Å². The van der Waals surface area contributed by atoms with Crippen LogP contribution in [0.25, 0.3) is 10.9 Å². The fraction of sp³-hybridized carbons (Fsp3) is 0.429. The van der Waals surface area contributed by atoms with Crippen LogP contribution in [0.4, 0.5) is 0 Å². The molecule has 0 saturated heterocycles. The van der Waals surface area contributed by atoms with Crippen LogP contribution in [-0.2, 0) is 36.8 Å². The Morgan fingerprint density at radius 1 is 0.867 bits per heavy atom. The summed E-state index contributed by atoms with van der Waals surface area (Å²) in [5.41, 5.74) is 7.61. The summed E-state index contributed by atoms with van der Waals surface area (Å²) in [5.74, 6) is -4.13. The minimum absolute atomic E-state index is 0.0201. The van der Waals surface area contributed by atoms with Crippen molar-refractivity contribution in [3.05, 3.63) is 54.2 Å². The van der Waals surface area contributed by atoms with Crippen LogP contribution in [0.5, 0.6) is 0 Å². The number of nitrogens with zero attached hydrogens (tertiary/aromatic N) is 1. The van der Waals surface area contributed by atoms with E-state index in [1.54, 1.807) is 12.5 Å². The molecule has 16 nitrogen and oxygen atoms in total. The van der Waals surface area contributed by atoms with Crippen molar-refractivity contribution in [2.45, 2.75) is 49.5 Å². The number of aromatic amines is 2. The van der Waals surface area contributed by atoms with Crippen LogP contribution in [0.15, 0.2) is 43.0 Å². The molecule has 45 heavy (non-hydrogen) atoms. The van der Waals surface area contributed by atoms with Gasteiger partial charge in [-0.3, -0.25) is 19.2 Å². The molecule has 0 aliphatic rings. The first kappa shape index (κ1) is 35.0. The largest absolute Gasteiger partial charge is 0.480 e. The third-order valence-electron chi connectivity index (χ3n) is 6.92. The highest BCUT2D eigenvalue weighted by atomic mass is 32.2. The second-order valence-corrected chi connectivity index (χ2v) is 11.2. The minimum atomic E-state index is -1.58. The second-order valence-electron chi connectivity index (χ2n) is 10.2. The predicted molar refractivity (Wildman–Crippen MR) is 165 cm³/mol. The number of aliphatic hydroxyl groups excluding tert-OH is 2. The van der Waals surface area contributed by atoms with Gasteiger partial charge in [0.15, 0.2) is 0 Å². The molecule has 3 rings (SSSR count). The summed E-state index contributed by atoms with van der Waals surface area (Å²) < 4.78 is 0. The zero-order chi connectivity index (χ0) is 32.9. The molecule has 0 bridgehead atoms. The second kappa shape index (κ2) is 17.1. The Kier molecular flexibility index (Phi) is 13.3. The monoisotopic (exact) mass is 646 g/mol. The first-order valence-electron chi connectivity index (χ1n) is 14.0. The van der Waals surface area contributed by atoms with Gasteiger partial charge in [0.2, 0.25) is 23.6 Å².